The van der Waals surface area contributed by atoms with Crippen molar-refractivity contribution in [3.63, 3.8) is 0 Å². The van der Waals surface area contributed by atoms with Crippen LogP contribution in [0, 0.1) is 0 Å². The van der Waals surface area contributed by atoms with Crippen molar-refractivity contribution in [1.29, 1.82) is 0 Å². The summed E-state index contributed by atoms with van der Waals surface area (Å²) < 4.78 is 5.24. The van der Waals surface area contributed by atoms with Gasteiger partial charge in [0, 0.05) is 18.0 Å². The topological polar surface area (TPSA) is 70.7 Å². The highest BCUT2D eigenvalue weighted by Crippen LogP contribution is 2.25. The van der Waals surface area contributed by atoms with Crippen LogP contribution in [0.3, 0.4) is 0 Å². The van der Waals surface area contributed by atoms with E-state index in [2.05, 4.69) is 10.6 Å². The fraction of sp³-hybridized carbons (Fsp3) is 0.300. The van der Waals surface area contributed by atoms with Crippen molar-refractivity contribution in [2.24, 2.45) is 0 Å². The van der Waals surface area contributed by atoms with E-state index in [1.165, 1.54) is 0 Å². The maximum absolute atomic E-state index is 12.5. The Bertz CT molecular complexity index is 785. The molecule has 2 N–H and O–H groups in total. The number of hydrogen-bond acceptors (Lipinski definition) is 4. The molecule has 0 spiro atoms. The molecule has 27 heavy (non-hydrogen) atoms. The van der Waals surface area contributed by atoms with Gasteiger partial charge >= 0.3 is 12.1 Å². The van der Waals surface area contributed by atoms with Crippen molar-refractivity contribution in [2.75, 3.05) is 24.7 Å². The molecular weight excluding hydrogens is 362 g/mol. The number of rotatable bonds is 5. The number of carbonyl (C=O) groups is 2. The fourth-order valence-electron chi connectivity index (χ4n) is 2.94. The van der Waals surface area contributed by atoms with Crippen molar-refractivity contribution < 1.29 is 14.3 Å². The Balaban J connectivity index is 1.45. The van der Waals surface area contributed by atoms with E-state index >= 15 is 0 Å². The molecule has 1 fully saturated rings. The maximum Gasteiger partial charge on any atom is 0.407 e. The van der Waals surface area contributed by atoms with E-state index < -0.39 is 6.09 Å². The van der Waals surface area contributed by atoms with E-state index in [1.807, 2.05) is 60.9 Å². The summed E-state index contributed by atoms with van der Waals surface area (Å²) in [5.41, 5.74) is 1.74. The monoisotopic (exact) mass is 385 g/mol. The van der Waals surface area contributed by atoms with Gasteiger partial charge in [0.15, 0.2) is 0 Å². The van der Waals surface area contributed by atoms with Gasteiger partial charge in [-0.2, -0.15) is 0 Å². The summed E-state index contributed by atoms with van der Waals surface area (Å²) in [6.07, 6.45) is 2.22. The molecule has 2 aromatic carbocycles. The van der Waals surface area contributed by atoms with E-state index in [9.17, 15) is 9.59 Å². The zero-order valence-corrected chi connectivity index (χ0v) is 16.0. The average molecular weight is 385 g/mol. The highest BCUT2D eigenvalue weighted by atomic mass is 32.2. The van der Waals surface area contributed by atoms with Crippen LogP contribution in [0.15, 0.2) is 59.5 Å². The molecule has 0 aliphatic carbocycles. The van der Waals surface area contributed by atoms with Gasteiger partial charge in [-0.05, 0) is 30.4 Å². The smallest absolute Gasteiger partial charge is 0.407 e. The normalized spacial score (nSPS) is 16.0. The second-order valence-electron chi connectivity index (χ2n) is 6.27. The first-order valence-corrected chi connectivity index (χ1v) is 10.0. The van der Waals surface area contributed by atoms with E-state index in [1.54, 1.807) is 16.7 Å². The zero-order chi connectivity index (χ0) is 19.1. The Morgan fingerprint density at radius 3 is 2.67 bits per heavy atom. The van der Waals surface area contributed by atoms with E-state index in [4.69, 9.17) is 4.74 Å². The second-order valence-corrected chi connectivity index (χ2v) is 7.12. The summed E-state index contributed by atoms with van der Waals surface area (Å²) in [5, 5.41) is 5.78. The van der Waals surface area contributed by atoms with E-state index in [0.29, 0.717) is 19.5 Å². The summed E-state index contributed by atoms with van der Waals surface area (Å²) in [6, 6.07) is 17.0. The fourth-order valence-corrected chi connectivity index (χ4v) is 3.49. The molecule has 0 aromatic heterocycles. The lowest BCUT2D eigenvalue weighted by atomic mass is 10.2. The Morgan fingerprint density at radius 1 is 1.15 bits per heavy atom. The molecule has 3 amide bonds. The zero-order valence-electron chi connectivity index (χ0n) is 15.2. The lowest BCUT2D eigenvalue weighted by Crippen LogP contribution is -2.39. The summed E-state index contributed by atoms with van der Waals surface area (Å²) in [4.78, 5) is 27.2. The number of ether oxygens (including phenoxy) is 1. The minimum absolute atomic E-state index is 0.102. The first-order chi connectivity index (χ1) is 13.2. The number of nitrogens with one attached hydrogen (secondary N) is 2. The van der Waals surface area contributed by atoms with Gasteiger partial charge in [0.1, 0.15) is 6.61 Å². The molecule has 1 atom stereocenters. The molecular formula is C20H23N3O3S. The number of urea groups is 1. The molecule has 6 nitrogen and oxygen atoms in total. The predicted molar refractivity (Wildman–Crippen MR) is 107 cm³/mol. The largest absolute Gasteiger partial charge is 0.445 e. The summed E-state index contributed by atoms with van der Waals surface area (Å²) in [6.45, 7) is 1.29. The van der Waals surface area contributed by atoms with Crippen LogP contribution in [0.5, 0.6) is 0 Å². The van der Waals surface area contributed by atoms with Crippen LogP contribution in [-0.4, -0.2) is 42.4 Å². The molecule has 142 valence electrons. The predicted octanol–water partition coefficient (Wildman–Crippen LogP) is 3.94. The summed E-state index contributed by atoms with van der Waals surface area (Å²) in [5.74, 6) is 0. The van der Waals surface area contributed by atoms with Crippen LogP contribution < -0.4 is 10.6 Å². The lowest BCUT2D eigenvalue weighted by molar-refractivity contribution is 0.136. The Hall–Kier alpha value is -2.67. The van der Waals surface area contributed by atoms with Crippen LogP contribution in [0.1, 0.15) is 12.0 Å². The third-order valence-corrected chi connectivity index (χ3v) is 5.15. The van der Waals surface area contributed by atoms with E-state index in [0.717, 1.165) is 16.1 Å². The van der Waals surface area contributed by atoms with Gasteiger partial charge in [0.2, 0.25) is 0 Å². The average Bonchev–Trinajstić information content (AvgIpc) is 3.16. The quantitative estimate of drug-likeness (QED) is 0.765. The number of nitrogens with zero attached hydrogens (tertiary/aromatic N) is 1. The van der Waals surface area contributed by atoms with Crippen LogP contribution in [0.4, 0.5) is 15.3 Å². The SMILES string of the molecule is CSc1ccccc1NC(=O)N1CCC(NC(=O)OCc2ccccc2)C1. The van der Waals surface area contributed by atoms with Crippen LogP contribution in [0.25, 0.3) is 0 Å². The molecule has 0 bridgehead atoms. The number of benzene rings is 2. The van der Waals surface area contributed by atoms with Gasteiger partial charge in [-0.15, -0.1) is 11.8 Å². The van der Waals surface area contributed by atoms with Gasteiger partial charge < -0.3 is 20.3 Å². The molecule has 1 saturated heterocycles. The third kappa shape index (κ3) is 5.40. The third-order valence-electron chi connectivity index (χ3n) is 4.36. The van der Waals surface area contributed by atoms with Gasteiger partial charge in [-0.3, -0.25) is 0 Å². The Kier molecular flexibility index (Phi) is 6.59. The number of para-hydroxylation sites is 1. The Morgan fingerprint density at radius 2 is 1.89 bits per heavy atom. The molecule has 1 aliphatic rings. The minimum Gasteiger partial charge on any atom is -0.445 e. The minimum atomic E-state index is -0.459. The van der Waals surface area contributed by atoms with Crippen LogP contribution in [-0.2, 0) is 11.3 Å². The van der Waals surface area contributed by atoms with Gasteiger partial charge in [-0.25, -0.2) is 9.59 Å². The second kappa shape index (κ2) is 9.32. The number of amides is 3. The lowest BCUT2D eigenvalue weighted by Gasteiger charge is -2.19. The van der Waals surface area contributed by atoms with Gasteiger partial charge in [-0.1, -0.05) is 42.5 Å². The van der Waals surface area contributed by atoms with Crippen molar-refractivity contribution in [3.05, 3.63) is 60.2 Å². The molecule has 1 unspecified atom stereocenters. The molecule has 0 saturated carbocycles. The van der Waals surface area contributed by atoms with Crippen molar-refractivity contribution >= 4 is 29.6 Å². The number of thioether (sulfide) groups is 1. The summed E-state index contributed by atoms with van der Waals surface area (Å²) >= 11 is 1.59. The van der Waals surface area contributed by atoms with Gasteiger partial charge in [0.05, 0.1) is 11.7 Å². The van der Waals surface area contributed by atoms with Gasteiger partial charge in [0.25, 0.3) is 0 Å². The standard InChI is InChI=1S/C20H23N3O3S/c1-27-18-10-6-5-9-17(18)22-19(24)23-12-11-16(13-23)21-20(25)26-14-15-7-3-2-4-8-15/h2-10,16H,11-14H2,1H3,(H,21,25)(H,22,24). The maximum atomic E-state index is 12.5. The van der Waals surface area contributed by atoms with Crippen LogP contribution >= 0.6 is 11.8 Å². The number of alkyl carbamates (subject to hydrolysis) is 1. The molecule has 7 heteroatoms. The van der Waals surface area contributed by atoms with Crippen molar-refractivity contribution in [2.45, 2.75) is 24.0 Å². The molecule has 2 aromatic rings. The number of hydrogen-bond donors (Lipinski definition) is 2. The first-order valence-electron chi connectivity index (χ1n) is 8.82. The first kappa shape index (κ1) is 19.1. The molecule has 3 rings (SSSR count). The number of anilines is 1. The van der Waals surface area contributed by atoms with E-state index in [-0.39, 0.29) is 18.7 Å². The highest BCUT2D eigenvalue weighted by Gasteiger charge is 2.28. The summed E-state index contributed by atoms with van der Waals surface area (Å²) in [7, 11) is 0. The van der Waals surface area contributed by atoms with Crippen LogP contribution in [0.2, 0.25) is 0 Å². The van der Waals surface area contributed by atoms with Crippen molar-refractivity contribution in [1.82, 2.24) is 10.2 Å². The number of carbonyl (C=O) groups excluding carboxylic acids is 2. The molecule has 0 radical (unpaired) electrons. The molecule has 1 aliphatic heterocycles. The number of likely N-dealkylation sites (tertiary alicyclic amines) is 1. The van der Waals surface area contributed by atoms with Crippen molar-refractivity contribution in [3.8, 4) is 0 Å². The Labute approximate surface area is 163 Å². The highest BCUT2D eigenvalue weighted by molar-refractivity contribution is 7.98. The molecule has 1 heterocycles.